The highest BCUT2D eigenvalue weighted by Gasteiger charge is 2.37. The van der Waals surface area contributed by atoms with Crippen molar-refractivity contribution in [3.63, 3.8) is 0 Å². The highest BCUT2D eigenvalue weighted by atomic mass is 32.2. The van der Waals surface area contributed by atoms with Crippen LogP contribution in [0.4, 0.5) is 5.13 Å². The lowest BCUT2D eigenvalue weighted by Crippen LogP contribution is -2.31. The molecule has 13 nitrogen and oxygen atoms in total. The number of amides is 1. The van der Waals surface area contributed by atoms with E-state index in [1.54, 1.807) is 12.1 Å². The van der Waals surface area contributed by atoms with E-state index >= 15 is 0 Å². The van der Waals surface area contributed by atoms with Gasteiger partial charge in [-0.25, -0.2) is 27.7 Å². The number of thiazole rings is 1. The lowest BCUT2D eigenvalue weighted by atomic mass is 10.1. The minimum atomic E-state index is -3.39. The maximum Gasteiger partial charge on any atom is 0.357 e. The zero-order valence-electron chi connectivity index (χ0n) is 20.3. The molecule has 2 aromatic heterocycles. The van der Waals surface area contributed by atoms with Crippen molar-refractivity contribution in [2.24, 2.45) is 0 Å². The Morgan fingerprint density at radius 3 is 2.36 bits per heavy atom. The molecule has 0 bridgehead atoms. The second-order valence-corrected chi connectivity index (χ2v) is 12.3. The summed E-state index contributed by atoms with van der Waals surface area (Å²) in [5.74, 6) is -3.48. The number of nitrogens with zero attached hydrogens (tertiary/aromatic N) is 3. The van der Waals surface area contributed by atoms with Crippen LogP contribution in [0.25, 0.3) is 5.00 Å². The summed E-state index contributed by atoms with van der Waals surface area (Å²) in [5, 5.41) is 25.0. The first-order valence-corrected chi connectivity index (χ1v) is 14.4. The van der Waals surface area contributed by atoms with Gasteiger partial charge >= 0.3 is 11.9 Å². The van der Waals surface area contributed by atoms with Crippen molar-refractivity contribution in [2.45, 2.75) is 48.0 Å². The summed E-state index contributed by atoms with van der Waals surface area (Å²) in [5.41, 5.74) is -0.646. The number of anilines is 1. The normalized spacial score (nSPS) is 17.0. The predicted molar refractivity (Wildman–Crippen MR) is 136 cm³/mol. The molecule has 1 aliphatic heterocycles. The van der Waals surface area contributed by atoms with Crippen LogP contribution in [0.3, 0.4) is 0 Å². The summed E-state index contributed by atoms with van der Waals surface area (Å²) < 4.78 is 37.7. The van der Waals surface area contributed by atoms with E-state index in [9.17, 15) is 33.0 Å². The van der Waals surface area contributed by atoms with Crippen molar-refractivity contribution in [1.82, 2.24) is 14.8 Å². The number of nitrogens with one attached hydrogen (secondary N) is 1. The van der Waals surface area contributed by atoms with E-state index in [1.807, 2.05) is 0 Å². The average molecular weight is 577 g/mol. The summed E-state index contributed by atoms with van der Waals surface area (Å²) in [6.45, 7) is 0.988. The Morgan fingerprint density at radius 1 is 1.08 bits per heavy atom. The fourth-order valence-electron chi connectivity index (χ4n) is 4.10. The van der Waals surface area contributed by atoms with Crippen molar-refractivity contribution < 1.29 is 42.5 Å². The van der Waals surface area contributed by atoms with E-state index in [0.717, 1.165) is 22.2 Å². The Balaban J connectivity index is 1.37. The van der Waals surface area contributed by atoms with E-state index in [0.29, 0.717) is 44.5 Å². The number of benzene rings is 1. The second kappa shape index (κ2) is 10.8. The van der Waals surface area contributed by atoms with Crippen LogP contribution in [0.5, 0.6) is 0 Å². The van der Waals surface area contributed by atoms with E-state index in [2.05, 4.69) is 15.4 Å². The first kappa shape index (κ1) is 26.9. The number of rotatable bonds is 10. The molecule has 1 saturated heterocycles. The summed E-state index contributed by atoms with van der Waals surface area (Å²) in [7, 11) is -3.39. The van der Waals surface area contributed by atoms with Crippen LogP contribution in [0.1, 0.15) is 58.2 Å². The predicted octanol–water partition coefficient (Wildman–Crippen LogP) is 2.54. The molecule has 1 aliphatic carbocycles. The van der Waals surface area contributed by atoms with Gasteiger partial charge in [0, 0.05) is 19.4 Å². The monoisotopic (exact) mass is 576 g/mol. The van der Waals surface area contributed by atoms with Crippen LogP contribution in [-0.2, 0) is 24.1 Å². The third-order valence-corrected chi connectivity index (χ3v) is 9.49. The number of carboxylic acid groups (broad SMARTS) is 2. The van der Waals surface area contributed by atoms with Gasteiger partial charge in [-0.2, -0.15) is 5.10 Å². The summed E-state index contributed by atoms with van der Waals surface area (Å²) in [6, 6.07) is 6.10. The minimum Gasteiger partial charge on any atom is -0.478 e. The molecule has 39 heavy (non-hydrogen) atoms. The van der Waals surface area contributed by atoms with Gasteiger partial charge in [-0.05, 0) is 43.4 Å². The van der Waals surface area contributed by atoms with Crippen LogP contribution in [0.15, 0.2) is 41.6 Å². The quantitative estimate of drug-likeness (QED) is 0.322. The van der Waals surface area contributed by atoms with Crippen molar-refractivity contribution in [3.8, 4) is 5.00 Å². The Bertz CT molecular complexity index is 1470. The molecule has 2 aliphatic rings. The molecule has 1 amide bonds. The van der Waals surface area contributed by atoms with E-state index in [1.165, 1.54) is 18.3 Å². The third kappa shape index (κ3) is 5.85. The first-order valence-electron chi connectivity index (χ1n) is 12.0. The van der Waals surface area contributed by atoms with E-state index < -0.39 is 45.0 Å². The van der Waals surface area contributed by atoms with Crippen LogP contribution >= 0.6 is 11.3 Å². The number of ether oxygens (including phenoxy) is 2. The van der Waals surface area contributed by atoms with Crippen molar-refractivity contribution in [1.29, 1.82) is 0 Å². The molecule has 0 radical (unpaired) electrons. The topological polar surface area (TPSA) is 187 Å². The van der Waals surface area contributed by atoms with Gasteiger partial charge < -0.3 is 19.7 Å². The molecule has 0 spiro atoms. The molecule has 15 heteroatoms. The molecule has 1 saturated carbocycles. The van der Waals surface area contributed by atoms with Crippen LogP contribution in [0.2, 0.25) is 0 Å². The maximum absolute atomic E-state index is 13.4. The van der Waals surface area contributed by atoms with Crippen LogP contribution in [0, 0.1) is 0 Å². The van der Waals surface area contributed by atoms with Gasteiger partial charge in [-0.3, -0.25) is 10.1 Å². The fourth-order valence-corrected chi connectivity index (χ4v) is 6.51. The molecule has 3 heterocycles. The molecular formula is C24H24N4O9S2. The molecule has 1 unspecified atom stereocenters. The van der Waals surface area contributed by atoms with Gasteiger partial charge in [-0.15, -0.1) is 0 Å². The lowest BCUT2D eigenvalue weighted by molar-refractivity contribution is -0.136. The van der Waals surface area contributed by atoms with Gasteiger partial charge in [0.1, 0.15) is 10.6 Å². The number of aromatic nitrogens is 3. The minimum absolute atomic E-state index is 0.146. The first-order chi connectivity index (χ1) is 18.6. The zero-order chi connectivity index (χ0) is 27.7. The molecule has 2 fully saturated rings. The SMILES string of the molecule is O=C(O)c1cn(-c2cnc(NC(=O)C(OC3CCOCC3)c3ccc(S(=O)(=O)C4CC4)cc3)s2)nc1C(=O)O. The van der Waals surface area contributed by atoms with Gasteiger partial charge in [0.05, 0.1) is 22.4 Å². The molecular weight excluding hydrogens is 552 g/mol. The Hall–Kier alpha value is -3.66. The molecule has 206 valence electrons. The Labute approximate surface area is 226 Å². The number of carbonyl (C=O) groups is 3. The Morgan fingerprint density at radius 2 is 1.77 bits per heavy atom. The number of carbonyl (C=O) groups excluding carboxylic acids is 1. The molecule has 1 aromatic carbocycles. The number of hydrogen-bond acceptors (Lipinski definition) is 10. The number of carboxylic acids is 2. The average Bonchev–Trinajstić information content (AvgIpc) is 3.52. The number of aromatic carboxylic acids is 2. The fraction of sp³-hybridized carbons (Fsp3) is 0.375. The Kier molecular flexibility index (Phi) is 7.48. The second-order valence-electron chi connectivity index (χ2n) is 9.08. The smallest absolute Gasteiger partial charge is 0.357 e. The third-order valence-electron chi connectivity index (χ3n) is 6.31. The van der Waals surface area contributed by atoms with Crippen molar-refractivity contribution in [2.75, 3.05) is 18.5 Å². The van der Waals surface area contributed by atoms with E-state index in [-0.39, 0.29) is 26.4 Å². The van der Waals surface area contributed by atoms with Gasteiger partial charge in [0.15, 0.2) is 26.8 Å². The van der Waals surface area contributed by atoms with Gasteiger partial charge in [0.2, 0.25) is 0 Å². The summed E-state index contributed by atoms with van der Waals surface area (Å²) >= 11 is 0.951. The zero-order valence-corrected chi connectivity index (χ0v) is 22.0. The highest BCUT2D eigenvalue weighted by Crippen LogP contribution is 2.34. The molecule has 5 rings (SSSR count). The molecule has 3 aromatic rings. The maximum atomic E-state index is 13.4. The standard InChI is InChI=1S/C24H24N4O9S2/c29-21(26-24-25-11-18(38-24)28-12-17(22(30)31)19(27-28)23(32)33)20(37-14-7-9-36-10-8-14)13-1-3-15(4-2-13)39(34,35)16-5-6-16/h1-4,11-12,14,16,20H,5-10H2,(H,30,31)(H,32,33)(H,25,26,29). The van der Waals surface area contributed by atoms with Gasteiger partial charge in [-0.1, -0.05) is 23.5 Å². The molecule has 1 atom stereocenters. The number of sulfone groups is 1. The van der Waals surface area contributed by atoms with Crippen LogP contribution < -0.4 is 5.32 Å². The number of hydrogen-bond donors (Lipinski definition) is 3. The largest absolute Gasteiger partial charge is 0.478 e. The van der Waals surface area contributed by atoms with Gasteiger partial charge in [0.25, 0.3) is 5.91 Å². The molecule has 3 N–H and O–H groups in total. The summed E-state index contributed by atoms with van der Waals surface area (Å²) in [6.07, 6.45) is 3.53. The lowest BCUT2D eigenvalue weighted by Gasteiger charge is -2.27. The van der Waals surface area contributed by atoms with Crippen molar-refractivity contribution in [3.05, 3.63) is 53.5 Å². The summed E-state index contributed by atoms with van der Waals surface area (Å²) in [4.78, 5) is 40.4. The highest BCUT2D eigenvalue weighted by molar-refractivity contribution is 7.92. The van der Waals surface area contributed by atoms with Crippen molar-refractivity contribution >= 4 is 44.2 Å². The van der Waals surface area contributed by atoms with Crippen LogP contribution in [-0.4, -0.2) is 75.8 Å². The van der Waals surface area contributed by atoms with E-state index in [4.69, 9.17) is 9.47 Å².